The molecular formula is C15H19Cl2N3O4. The van der Waals surface area contributed by atoms with E-state index in [1.807, 2.05) is 0 Å². The summed E-state index contributed by atoms with van der Waals surface area (Å²) in [6.07, 6.45) is 3.95. The molecule has 0 saturated heterocycles. The SMILES string of the molecule is O=C(NCCOc1ncc(Cl)cc1Cl)NC1CCC(C(=O)O)CC1. The lowest BCUT2D eigenvalue weighted by Gasteiger charge is -2.26. The van der Waals surface area contributed by atoms with Crippen LogP contribution in [0, 0.1) is 5.92 Å². The molecule has 132 valence electrons. The first-order valence-corrected chi connectivity index (χ1v) is 8.42. The molecular weight excluding hydrogens is 357 g/mol. The van der Waals surface area contributed by atoms with Crippen LogP contribution in [0.3, 0.4) is 0 Å². The van der Waals surface area contributed by atoms with Crippen molar-refractivity contribution in [2.24, 2.45) is 5.92 Å². The number of nitrogens with one attached hydrogen (secondary N) is 2. The Morgan fingerprint density at radius 2 is 2.00 bits per heavy atom. The molecule has 1 aromatic heterocycles. The van der Waals surface area contributed by atoms with Gasteiger partial charge in [-0.15, -0.1) is 0 Å². The zero-order valence-electron chi connectivity index (χ0n) is 12.9. The van der Waals surface area contributed by atoms with E-state index in [1.54, 1.807) is 0 Å². The maximum atomic E-state index is 11.8. The number of pyridine rings is 1. The van der Waals surface area contributed by atoms with E-state index in [-0.39, 0.29) is 37.0 Å². The van der Waals surface area contributed by atoms with Crippen LogP contribution in [0.1, 0.15) is 25.7 Å². The van der Waals surface area contributed by atoms with E-state index in [0.29, 0.717) is 35.7 Å². The molecule has 7 nitrogen and oxygen atoms in total. The minimum Gasteiger partial charge on any atom is -0.481 e. The highest BCUT2D eigenvalue weighted by Crippen LogP contribution is 2.25. The molecule has 1 fully saturated rings. The number of aromatic nitrogens is 1. The van der Waals surface area contributed by atoms with Gasteiger partial charge in [-0.1, -0.05) is 23.2 Å². The highest BCUT2D eigenvalue weighted by molar-refractivity contribution is 6.35. The van der Waals surface area contributed by atoms with Gasteiger partial charge < -0.3 is 20.5 Å². The van der Waals surface area contributed by atoms with E-state index < -0.39 is 5.97 Å². The van der Waals surface area contributed by atoms with Gasteiger partial charge in [-0.25, -0.2) is 9.78 Å². The topological polar surface area (TPSA) is 101 Å². The number of carboxylic acids is 1. The van der Waals surface area contributed by atoms with Gasteiger partial charge in [0.2, 0.25) is 5.88 Å². The van der Waals surface area contributed by atoms with Crippen molar-refractivity contribution in [2.75, 3.05) is 13.2 Å². The summed E-state index contributed by atoms with van der Waals surface area (Å²) in [4.78, 5) is 26.6. The summed E-state index contributed by atoms with van der Waals surface area (Å²) >= 11 is 11.7. The van der Waals surface area contributed by atoms with Crippen molar-refractivity contribution in [1.82, 2.24) is 15.6 Å². The minimum atomic E-state index is -0.760. The predicted octanol–water partition coefficient (Wildman–Crippen LogP) is 2.71. The molecule has 2 amide bonds. The molecule has 0 aliphatic heterocycles. The Kier molecular flexibility index (Phi) is 6.93. The largest absolute Gasteiger partial charge is 0.481 e. The lowest BCUT2D eigenvalue weighted by atomic mass is 9.86. The lowest BCUT2D eigenvalue weighted by Crippen LogP contribution is -2.45. The van der Waals surface area contributed by atoms with Gasteiger partial charge in [-0.3, -0.25) is 4.79 Å². The van der Waals surface area contributed by atoms with Crippen LogP contribution in [0.5, 0.6) is 5.88 Å². The van der Waals surface area contributed by atoms with Crippen molar-refractivity contribution in [3.8, 4) is 5.88 Å². The maximum absolute atomic E-state index is 11.8. The molecule has 1 aromatic rings. The zero-order valence-corrected chi connectivity index (χ0v) is 14.4. The third kappa shape index (κ3) is 5.72. The number of carboxylic acid groups (broad SMARTS) is 1. The number of hydrogen-bond acceptors (Lipinski definition) is 4. The summed E-state index contributed by atoms with van der Waals surface area (Å²) in [5.74, 6) is -0.795. The summed E-state index contributed by atoms with van der Waals surface area (Å²) in [6.45, 7) is 0.504. The molecule has 2 rings (SSSR count). The van der Waals surface area contributed by atoms with Gasteiger partial charge >= 0.3 is 12.0 Å². The Morgan fingerprint density at radius 1 is 1.29 bits per heavy atom. The number of halogens is 2. The molecule has 0 spiro atoms. The number of amides is 2. The highest BCUT2D eigenvalue weighted by atomic mass is 35.5. The molecule has 1 aliphatic rings. The van der Waals surface area contributed by atoms with Gasteiger partial charge in [-0.2, -0.15) is 0 Å². The van der Waals surface area contributed by atoms with Gasteiger partial charge in [0.05, 0.1) is 17.5 Å². The van der Waals surface area contributed by atoms with Crippen LogP contribution in [-0.2, 0) is 4.79 Å². The van der Waals surface area contributed by atoms with Crippen LogP contribution in [0.15, 0.2) is 12.3 Å². The van der Waals surface area contributed by atoms with E-state index in [0.717, 1.165) is 0 Å². The summed E-state index contributed by atoms with van der Waals surface area (Å²) in [5.41, 5.74) is 0. The fourth-order valence-electron chi connectivity index (χ4n) is 2.54. The zero-order chi connectivity index (χ0) is 17.5. The summed E-state index contributed by atoms with van der Waals surface area (Å²) in [6, 6.07) is 1.24. The van der Waals surface area contributed by atoms with Crippen LogP contribution < -0.4 is 15.4 Å². The Labute approximate surface area is 149 Å². The second-order valence-corrected chi connectivity index (χ2v) is 6.42. The van der Waals surface area contributed by atoms with E-state index in [1.165, 1.54) is 12.3 Å². The first-order chi connectivity index (χ1) is 11.5. The van der Waals surface area contributed by atoms with Crippen molar-refractivity contribution in [3.05, 3.63) is 22.3 Å². The van der Waals surface area contributed by atoms with Crippen molar-refractivity contribution >= 4 is 35.2 Å². The smallest absolute Gasteiger partial charge is 0.315 e. The fourth-order valence-corrected chi connectivity index (χ4v) is 2.98. The van der Waals surface area contributed by atoms with Crippen LogP contribution in [0.4, 0.5) is 4.79 Å². The average Bonchev–Trinajstić information content (AvgIpc) is 2.53. The Morgan fingerprint density at radius 3 is 2.62 bits per heavy atom. The molecule has 1 heterocycles. The quantitative estimate of drug-likeness (QED) is 0.663. The Balaban J connectivity index is 1.62. The van der Waals surface area contributed by atoms with Crippen molar-refractivity contribution < 1.29 is 19.4 Å². The molecule has 9 heteroatoms. The number of aliphatic carboxylic acids is 1. The lowest BCUT2D eigenvalue weighted by molar-refractivity contribution is -0.142. The molecule has 0 atom stereocenters. The van der Waals surface area contributed by atoms with Gasteiger partial charge in [0, 0.05) is 12.2 Å². The molecule has 0 aromatic carbocycles. The number of urea groups is 1. The average molecular weight is 376 g/mol. The predicted molar refractivity (Wildman–Crippen MR) is 89.7 cm³/mol. The number of carbonyl (C=O) groups is 2. The molecule has 0 bridgehead atoms. The van der Waals surface area contributed by atoms with Gasteiger partial charge in [0.15, 0.2) is 0 Å². The maximum Gasteiger partial charge on any atom is 0.315 e. The van der Waals surface area contributed by atoms with Gasteiger partial charge in [0.1, 0.15) is 11.6 Å². The number of rotatable bonds is 6. The van der Waals surface area contributed by atoms with Crippen LogP contribution >= 0.6 is 23.2 Å². The monoisotopic (exact) mass is 375 g/mol. The summed E-state index contributed by atoms with van der Waals surface area (Å²) in [5, 5.41) is 15.2. The van der Waals surface area contributed by atoms with Crippen molar-refractivity contribution in [3.63, 3.8) is 0 Å². The van der Waals surface area contributed by atoms with Crippen molar-refractivity contribution in [2.45, 2.75) is 31.7 Å². The van der Waals surface area contributed by atoms with Gasteiger partial charge in [-0.05, 0) is 31.7 Å². The number of ether oxygens (including phenoxy) is 1. The third-order valence-corrected chi connectivity index (χ3v) is 4.29. The fraction of sp³-hybridized carbons (Fsp3) is 0.533. The molecule has 3 N–H and O–H groups in total. The van der Waals surface area contributed by atoms with Crippen LogP contribution in [-0.4, -0.2) is 41.3 Å². The highest BCUT2D eigenvalue weighted by Gasteiger charge is 2.26. The third-order valence-electron chi connectivity index (χ3n) is 3.81. The Hall–Kier alpha value is -1.73. The molecule has 0 radical (unpaired) electrons. The number of hydrogen-bond donors (Lipinski definition) is 3. The standard InChI is InChI=1S/C15H19Cl2N3O4/c16-10-7-12(17)13(19-8-10)24-6-5-18-15(23)20-11-3-1-9(2-4-11)14(21)22/h7-9,11H,1-6H2,(H,21,22)(H2,18,20,23). The number of nitrogens with zero attached hydrogens (tertiary/aromatic N) is 1. The normalized spacial score (nSPS) is 20.2. The second-order valence-electron chi connectivity index (χ2n) is 5.58. The van der Waals surface area contributed by atoms with E-state index in [9.17, 15) is 9.59 Å². The minimum absolute atomic E-state index is 0.00824. The van der Waals surface area contributed by atoms with E-state index >= 15 is 0 Å². The number of carbonyl (C=O) groups excluding carboxylic acids is 1. The van der Waals surface area contributed by atoms with Crippen LogP contribution in [0.2, 0.25) is 10.0 Å². The summed E-state index contributed by atoms with van der Waals surface area (Å²) < 4.78 is 5.36. The molecule has 1 saturated carbocycles. The summed E-state index contributed by atoms with van der Waals surface area (Å²) in [7, 11) is 0. The Bertz CT molecular complexity index is 592. The first-order valence-electron chi connectivity index (χ1n) is 7.66. The van der Waals surface area contributed by atoms with E-state index in [4.69, 9.17) is 33.0 Å². The van der Waals surface area contributed by atoms with Crippen molar-refractivity contribution in [1.29, 1.82) is 0 Å². The van der Waals surface area contributed by atoms with E-state index in [2.05, 4.69) is 15.6 Å². The second kappa shape index (κ2) is 8.94. The molecule has 0 unspecified atom stereocenters. The molecule has 24 heavy (non-hydrogen) atoms. The molecule has 1 aliphatic carbocycles. The van der Waals surface area contributed by atoms with Gasteiger partial charge in [0.25, 0.3) is 0 Å². The van der Waals surface area contributed by atoms with Crippen LogP contribution in [0.25, 0.3) is 0 Å². The first kappa shape index (κ1) is 18.6.